The van der Waals surface area contributed by atoms with E-state index in [9.17, 15) is 18.0 Å². The summed E-state index contributed by atoms with van der Waals surface area (Å²) in [6.45, 7) is 4.15. The van der Waals surface area contributed by atoms with Crippen LogP contribution in [0.15, 0.2) is 53.4 Å². The normalized spacial score (nSPS) is 11.2. The summed E-state index contributed by atoms with van der Waals surface area (Å²) in [6.07, 6.45) is 0.0701. The first-order chi connectivity index (χ1) is 13.8. The Labute approximate surface area is 170 Å². The molecule has 2 aromatic rings. The molecule has 2 amide bonds. The topological polar surface area (TPSA) is 105 Å². The molecule has 0 radical (unpaired) electrons. The number of amides is 2. The molecule has 0 atom stereocenters. The van der Waals surface area contributed by atoms with Gasteiger partial charge in [-0.3, -0.25) is 20.4 Å². The van der Waals surface area contributed by atoms with Crippen molar-refractivity contribution in [3.05, 3.63) is 59.7 Å². The highest BCUT2D eigenvalue weighted by molar-refractivity contribution is 7.89. The summed E-state index contributed by atoms with van der Waals surface area (Å²) in [4.78, 5) is 24.4. The number of rotatable bonds is 8. The van der Waals surface area contributed by atoms with E-state index < -0.39 is 21.8 Å². The van der Waals surface area contributed by atoms with Gasteiger partial charge in [0.25, 0.3) is 5.91 Å². The summed E-state index contributed by atoms with van der Waals surface area (Å²) in [7, 11) is -2.12. The summed E-state index contributed by atoms with van der Waals surface area (Å²) in [5.41, 5.74) is 5.52. The SMILES string of the molecule is CCN(CC)S(=O)(=O)c1cccc(C(=O)NNC(=O)Cc2ccc(OC)cc2)c1. The second-order valence-corrected chi connectivity index (χ2v) is 8.08. The van der Waals surface area contributed by atoms with E-state index in [1.807, 2.05) is 0 Å². The molecular weight excluding hydrogens is 394 g/mol. The maximum atomic E-state index is 12.6. The Morgan fingerprint density at radius 1 is 1.00 bits per heavy atom. The van der Waals surface area contributed by atoms with Gasteiger partial charge in [0.05, 0.1) is 18.4 Å². The van der Waals surface area contributed by atoms with Crippen molar-refractivity contribution in [1.82, 2.24) is 15.2 Å². The zero-order valence-corrected chi connectivity index (χ0v) is 17.5. The number of ether oxygens (including phenoxy) is 1. The van der Waals surface area contributed by atoms with Crippen LogP contribution in [0.25, 0.3) is 0 Å². The zero-order chi connectivity index (χ0) is 21.4. The van der Waals surface area contributed by atoms with Gasteiger partial charge in [0.15, 0.2) is 0 Å². The third kappa shape index (κ3) is 5.78. The van der Waals surface area contributed by atoms with Gasteiger partial charge < -0.3 is 4.74 Å². The Morgan fingerprint density at radius 2 is 1.66 bits per heavy atom. The van der Waals surface area contributed by atoms with E-state index in [0.29, 0.717) is 18.8 Å². The minimum absolute atomic E-state index is 0.0263. The highest BCUT2D eigenvalue weighted by Crippen LogP contribution is 2.17. The number of hydrogen-bond donors (Lipinski definition) is 2. The minimum atomic E-state index is -3.68. The largest absolute Gasteiger partial charge is 0.497 e. The molecule has 2 N–H and O–H groups in total. The Hall–Kier alpha value is -2.91. The van der Waals surface area contributed by atoms with Crippen LogP contribution < -0.4 is 15.6 Å². The van der Waals surface area contributed by atoms with E-state index in [1.54, 1.807) is 45.2 Å². The fraction of sp³-hybridized carbons (Fsp3) is 0.300. The minimum Gasteiger partial charge on any atom is -0.497 e. The van der Waals surface area contributed by atoms with Gasteiger partial charge in [0.2, 0.25) is 15.9 Å². The molecule has 0 aromatic heterocycles. The van der Waals surface area contributed by atoms with Crippen molar-refractivity contribution in [3.8, 4) is 5.75 Å². The fourth-order valence-corrected chi connectivity index (χ4v) is 4.19. The van der Waals surface area contributed by atoms with Crippen LogP contribution in [0, 0.1) is 0 Å². The standard InChI is InChI=1S/C20H25N3O5S/c1-4-23(5-2)29(26,27)18-8-6-7-16(14-18)20(25)22-21-19(24)13-15-9-11-17(28-3)12-10-15/h6-12,14H,4-5,13H2,1-3H3,(H,21,24)(H,22,25). The average molecular weight is 420 g/mol. The van der Waals surface area contributed by atoms with Crippen LogP contribution in [0.5, 0.6) is 5.75 Å². The summed E-state index contributed by atoms with van der Waals surface area (Å²) >= 11 is 0. The fourth-order valence-electron chi connectivity index (χ4n) is 2.68. The lowest BCUT2D eigenvalue weighted by atomic mass is 10.1. The first-order valence-electron chi connectivity index (χ1n) is 9.14. The summed E-state index contributed by atoms with van der Waals surface area (Å²) < 4.78 is 31.6. The van der Waals surface area contributed by atoms with Crippen LogP contribution in [0.1, 0.15) is 29.8 Å². The van der Waals surface area contributed by atoms with E-state index >= 15 is 0 Å². The van der Waals surface area contributed by atoms with Crippen molar-refractivity contribution < 1.29 is 22.7 Å². The zero-order valence-electron chi connectivity index (χ0n) is 16.6. The molecule has 0 saturated carbocycles. The van der Waals surface area contributed by atoms with Gasteiger partial charge in [-0.15, -0.1) is 0 Å². The Balaban J connectivity index is 2.01. The second kappa shape index (κ2) is 10.0. The number of nitrogens with zero attached hydrogens (tertiary/aromatic N) is 1. The van der Waals surface area contributed by atoms with Crippen molar-refractivity contribution in [1.29, 1.82) is 0 Å². The van der Waals surface area contributed by atoms with Gasteiger partial charge in [-0.1, -0.05) is 32.0 Å². The number of sulfonamides is 1. The van der Waals surface area contributed by atoms with Crippen molar-refractivity contribution in [2.45, 2.75) is 25.2 Å². The third-order valence-corrected chi connectivity index (χ3v) is 6.32. The third-order valence-electron chi connectivity index (χ3n) is 4.28. The van der Waals surface area contributed by atoms with Gasteiger partial charge in [0.1, 0.15) is 5.75 Å². The predicted molar refractivity (Wildman–Crippen MR) is 109 cm³/mol. The molecular formula is C20H25N3O5S. The number of benzene rings is 2. The molecule has 0 aliphatic carbocycles. The van der Waals surface area contributed by atoms with Crippen LogP contribution in [0.2, 0.25) is 0 Å². The van der Waals surface area contributed by atoms with E-state index in [1.165, 1.54) is 28.6 Å². The van der Waals surface area contributed by atoms with Crippen LogP contribution in [0.3, 0.4) is 0 Å². The maximum Gasteiger partial charge on any atom is 0.269 e. The Morgan fingerprint density at radius 3 is 2.24 bits per heavy atom. The highest BCUT2D eigenvalue weighted by atomic mass is 32.2. The van der Waals surface area contributed by atoms with Crippen molar-refractivity contribution in [3.63, 3.8) is 0 Å². The van der Waals surface area contributed by atoms with Gasteiger partial charge in [-0.2, -0.15) is 4.31 Å². The highest BCUT2D eigenvalue weighted by Gasteiger charge is 2.22. The first kappa shape index (κ1) is 22.4. The summed E-state index contributed by atoms with van der Waals surface area (Å²) in [5, 5.41) is 0. The Kier molecular flexibility index (Phi) is 7.74. The molecule has 0 heterocycles. The first-order valence-corrected chi connectivity index (χ1v) is 10.6. The van der Waals surface area contributed by atoms with Gasteiger partial charge >= 0.3 is 0 Å². The molecule has 0 aliphatic rings. The van der Waals surface area contributed by atoms with Crippen molar-refractivity contribution >= 4 is 21.8 Å². The number of hydrazine groups is 1. The lowest BCUT2D eigenvalue weighted by molar-refractivity contribution is -0.121. The van der Waals surface area contributed by atoms with E-state index in [4.69, 9.17) is 4.74 Å². The van der Waals surface area contributed by atoms with Crippen molar-refractivity contribution in [2.75, 3.05) is 20.2 Å². The van der Waals surface area contributed by atoms with E-state index in [0.717, 1.165) is 5.56 Å². The second-order valence-electron chi connectivity index (χ2n) is 6.14. The maximum absolute atomic E-state index is 12.6. The molecule has 2 aromatic carbocycles. The van der Waals surface area contributed by atoms with Gasteiger partial charge in [-0.25, -0.2) is 8.42 Å². The lowest BCUT2D eigenvalue weighted by Gasteiger charge is -2.18. The molecule has 0 spiro atoms. The molecule has 8 nitrogen and oxygen atoms in total. The predicted octanol–water partition coefficient (Wildman–Crippen LogP) is 1.73. The number of hydrogen-bond acceptors (Lipinski definition) is 5. The monoisotopic (exact) mass is 419 g/mol. The number of carbonyl (C=O) groups is 2. The van der Waals surface area contributed by atoms with Crippen LogP contribution in [-0.4, -0.2) is 44.7 Å². The molecule has 156 valence electrons. The molecule has 0 aliphatic heterocycles. The van der Waals surface area contributed by atoms with E-state index in [2.05, 4.69) is 10.9 Å². The molecule has 0 unspecified atom stereocenters. The Bertz CT molecular complexity index is 954. The number of nitrogens with one attached hydrogen (secondary N) is 2. The van der Waals surface area contributed by atoms with E-state index in [-0.39, 0.29) is 16.9 Å². The molecule has 2 rings (SSSR count). The molecule has 29 heavy (non-hydrogen) atoms. The summed E-state index contributed by atoms with van der Waals surface area (Å²) in [5.74, 6) is -0.331. The number of carbonyl (C=O) groups excluding carboxylic acids is 2. The van der Waals surface area contributed by atoms with Gasteiger partial charge in [0, 0.05) is 18.7 Å². The molecule has 0 fully saturated rings. The molecule has 9 heteroatoms. The quantitative estimate of drug-likeness (QED) is 0.634. The van der Waals surface area contributed by atoms with Crippen LogP contribution in [-0.2, 0) is 21.2 Å². The lowest BCUT2D eigenvalue weighted by Crippen LogP contribution is -2.42. The average Bonchev–Trinajstić information content (AvgIpc) is 2.73. The van der Waals surface area contributed by atoms with Gasteiger partial charge in [-0.05, 0) is 35.9 Å². The molecule has 0 bridgehead atoms. The van der Waals surface area contributed by atoms with Crippen molar-refractivity contribution in [2.24, 2.45) is 0 Å². The number of methoxy groups -OCH3 is 1. The summed E-state index contributed by atoms with van der Waals surface area (Å²) in [6, 6.07) is 12.7. The smallest absolute Gasteiger partial charge is 0.269 e. The van der Waals surface area contributed by atoms with Crippen LogP contribution in [0.4, 0.5) is 0 Å². The van der Waals surface area contributed by atoms with Crippen LogP contribution >= 0.6 is 0 Å². The molecule has 0 saturated heterocycles.